The minimum absolute atomic E-state index is 0.0156. The Kier molecular flexibility index (Phi) is 7.47. The van der Waals surface area contributed by atoms with Gasteiger partial charge in [0.25, 0.3) is 0 Å². The van der Waals surface area contributed by atoms with Crippen molar-refractivity contribution in [1.82, 2.24) is 14.8 Å². The molecule has 4 rings (SSSR count). The van der Waals surface area contributed by atoms with Crippen molar-refractivity contribution in [2.24, 2.45) is 0 Å². The van der Waals surface area contributed by atoms with Crippen molar-refractivity contribution in [3.05, 3.63) is 88.9 Å². The molecular formula is C25H20ClF3N4OS. The van der Waals surface area contributed by atoms with Crippen LogP contribution in [0.15, 0.2) is 78.0 Å². The normalized spacial score (nSPS) is 11.5. The lowest BCUT2D eigenvalue weighted by Crippen LogP contribution is -2.16. The lowest BCUT2D eigenvalue weighted by Gasteiger charge is -2.12. The van der Waals surface area contributed by atoms with E-state index in [0.717, 1.165) is 47.6 Å². The average Bonchev–Trinajstić information content (AvgIpc) is 3.28. The number of benzene rings is 3. The van der Waals surface area contributed by atoms with E-state index in [1.54, 1.807) is 0 Å². The van der Waals surface area contributed by atoms with E-state index in [2.05, 4.69) is 22.4 Å². The molecule has 1 N–H and O–H groups in total. The Hall–Kier alpha value is -3.30. The number of hydrogen-bond donors (Lipinski definition) is 1. The summed E-state index contributed by atoms with van der Waals surface area (Å²) in [6.45, 7) is 2.07. The minimum atomic E-state index is -4.55. The van der Waals surface area contributed by atoms with E-state index in [9.17, 15) is 18.0 Å². The van der Waals surface area contributed by atoms with E-state index in [-0.39, 0.29) is 16.5 Å². The molecule has 0 spiro atoms. The standard InChI is InChI=1S/C25H20ClF3N4OS/c1-2-16-8-11-19(12-9-16)33-23(17-6-4-3-5-7-17)31-32-24(33)35-15-22(34)30-21-14-18(25(27,28)29)10-13-20(21)26/h3-14H,2,15H2,1H3,(H,30,34). The predicted octanol–water partition coefficient (Wildman–Crippen LogP) is 6.90. The molecule has 0 unspecified atom stereocenters. The Labute approximate surface area is 209 Å². The third kappa shape index (κ3) is 5.86. The number of anilines is 1. The van der Waals surface area contributed by atoms with Crippen LogP contribution < -0.4 is 5.32 Å². The first-order valence-electron chi connectivity index (χ1n) is 10.7. The summed E-state index contributed by atoms with van der Waals surface area (Å²) in [4.78, 5) is 12.6. The number of carbonyl (C=O) groups excluding carboxylic acids is 1. The predicted molar refractivity (Wildman–Crippen MR) is 132 cm³/mol. The van der Waals surface area contributed by atoms with Crippen LogP contribution in [0.5, 0.6) is 0 Å². The molecule has 4 aromatic rings. The number of thioether (sulfide) groups is 1. The highest BCUT2D eigenvalue weighted by atomic mass is 35.5. The highest BCUT2D eigenvalue weighted by Gasteiger charge is 2.31. The zero-order valence-corrected chi connectivity index (χ0v) is 20.1. The molecule has 0 saturated carbocycles. The van der Waals surface area contributed by atoms with Gasteiger partial charge < -0.3 is 5.32 Å². The van der Waals surface area contributed by atoms with Crippen molar-refractivity contribution in [3.63, 3.8) is 0 Å². The topological polar surface area (TPSA) is 59.8 Å². The maximum Gasteiger partial charge on any atom is 0.416 e. The van der Waals surface area contributed by atoms with Crippen LogP contribution in [0, 0.1) is 0 Å². The quantitative estimate of drug-likeness (QED) is 0.271. The number of hydrogen-bond acceptors (Lipinski definition) is 4. The summed E-state index contributed by atoms with van der Waals surface area (Å²) in [6, 6.07) is 20.3. The van der Waals surface area contributed by atoms with E-state index in [4.69, 9.17) is 11.6 Å². The van der Waals surface area contributed by atoms with E-state index >= 15 is 0 Å². The molecule has 180 valence electrons. The Balaban J connectivity index is 1.58. The number of carbonyl (C=O) groups is 1. The molecule has 3 aromatic carbocycles. The van der Waals surface area contributed by atoms with Crippen LogP contribution in [0.4, 0.5) is 18.9 Å². The second kappa shape index (κ2) is 10.5. The van der Waals surface area contributed by atoms with Crippen molar-refractivity contribution in [2.75, 3.05) is 11.1 Å². The second-order valence-electron chi connectivity index (χ2n) is 7.56. The van der Waals surface area contributed by atoms with Crippen molar-refractivity contribution in [2.45, 2.75) is 24.7 Å². The van der Waals surface area contributed by atoms with Crippen LogP contribution in [-0.4, -0.2) is 26.4 Å². The average molecular weight is 517 g/mol. The van der Waals surface area contributed by atoms with Gasteiger partial charge in [0.15, 0.2) is 11.0 Å². The Morgan fingerprint density at radius 3 is 2.40 bits per heavy atom. The SMILES string of the molecule is CCc1ccc(-n2c(SCC(=O)Nc3cc(C(F)(F)F)ccc3Cl)nnc2-c2ccccc2)cc1. The number of halogens is 4. The smallest absolute Gasteiger partial charge is 0.324 e. The van der Waals surface area contributed by atoms with Gasteiger partial charge in [0, 0.05) is 11.3 Å². The van der Waals surface area contributed by atoms with E-state index < -0.39 is 17.6 Å². The van der Waals surface area contributed by atoms with Gasteiger partial charge >= 0.3 is 6.18 Å². The van der Waals surface area contributed by atoms with E-state index in [0.29, 0.717) is 11.0 Å². The summed E-state index contributed by atoms with van der Waals surface area (Å²) >= 11 is 7.12. The molecule has 35 heavy (non-hydrogen) atoms. The maximum absolute atomic E-state index is 13.0. The molecule has 0 aliphatic heterocycles. The van der Waals surface area contributed by atoms with Gasteiger partial charge in [-0.1, -0.05) is 72.8 Å². The highest BCUT2D eigenvalue weighted by Crippen LogP contribution is 2.34. The monoisotopic (exact) mass is 516 g/mol. The van der Waals surface area contributed by atoms with Crippen LogP contribution in [0.1, 0.15) is 18.1 Å². The van der Waals surface area contributed by atoms with Crippen molar-refractivity contribution in [1.29, 1.82) is 0 Å². The Morgan fingerprint density at radius 1 is 1.03 bits per heavy atom. The fraction of sp³-hybridized carbons (Fsp3) is 0.160. The summed E-state index contributed by atoms with van der Waals surface area (Å²) in [5, 5.41) is 11.6. The number of rotatable bonds is 7. The van der Waals surface area contributed by atoms with Gasteiger partial charge in [0.1, 0.15) is 0 Å². The molecule has 0 bridgehead atoms. The van der Waals surface area contributed by atoms with Gasteiger partial charge in [-0.05, 0) is 42.3 Å². The van der Waals surface area contributed by atoms with Gasteiger partial charge in [-0.2, -0.15) is 13.2 Å². The summed E-state index contributed by atoms with van der Waals surface area (Å²) in [7, 11) is 0. The van der Waals surface area contributed by atoms with Crippen molar-refractivity contribution < 1.29 is 18.0 Å². The van der Waals surface area contributed by atoms with E-state index in [1.807, 2.05) is 59.2 Å². The summed E-state index contributed by atoms with van der Waals surface area (Å²) < 4.78 is 40.9. The maximum atomic E-state index is 13.0. The van der Waals surface area contributed by atoms with Crippen LogP contribution in [0.2, 0.25) is 5.02 Å². The zero-order valence-electron chi connectivity index (χ0n) is 18.5. The second-order valence-corrected chi connectivity index (χ2v) is 8.91. The van der Waals surface area contributed by atoms with Gasteiger partial charge in [-0.25, -0.2) is 0 Å². The molecule has 0 aliphatic rings. The molecule has 0 atom stereocenters. The lowest BCUT2D eigenvalue weighted by atomic mass is 10.1. The highest BCUT2D eigenvalue weighted by molar-refractivity contribution is 7.99. The van der Waals surface area contributed by atoms with Crippen molar-refractivity contribution in [3.8, 4) is 17.1 Å². The first-order chi connectivity index (χ1) is 16.8. The molecule has 5 nitrogen and oxygen atoms in total. The first-order valence-corrected chi connectivity index (χ1v) is 12.0. The summed E-state index contributed by atoms with van der Waals surface area (Å²) in [5.74, 6) is -0.0148. The largest absolute Gasteiger partial charge is 0.416 e. The molecule has 0 aliphatic carbocycles. The molecule has 0 radical (unpaired) electrons. The molecular weight excluding hydrogens is 497 g/mol. The molecule has 1 amide bonds. The number of aromatic nitrogens is 3. The van der Waals surface area contributed by atoms with Crippen LogP contribution in [0.25, 0.3) is 17.1 Å². The van der Waals surface area contributed by atoms with Gasteiger partial charge in [-0.3, -0.25) is 9.36 Å². The van der Waals surface area contributed by atoms with E-state index in [1.165, 1.54) is 5.56 Å². The zero-order chi connectivity index (χ0) is 25.0. The molecule has 0 saturated heterocycles. The van der Waals surface area contributed by atoms with Gasteiger partial charge in [0.05, 0.1) is 22.0 Å². The Bertz CT molecular complexity index is 1330. The fourth-order valence-corrected chi connectivity index (χ4v) is 4.28. The summed E-state index contributed by atoms with van der Waals surface area (Å²) in [6.07, 6.45) is -3.65. The third-order valence-corrected chi connectivity index (χ3v) is 6.43. The fourth-order valence-electron chi connectivity index (χ4n) is 3.36. The first kappa shape index (κ1) is 24.8. The molecule has 10 heteroatoms. The van der Waals surface area contributed by atoms with Crippen LogP contribution in [-0.2, 0) is 17.4 Å². The molecule has 1 heterocycles. The van der Waals surface area contributed by atoms with Crippen LogP contribution >= 0.6 is 23.4 Å². The summed E-state index contributed by atoms with van der Waals surface area (Å²) in [5.41, 5.74) is 1.86. The lowest BCUT2D eigenvalue weighted by molar-refractivity contribution is -0.137. The van der Waals surface area contributed by atoms with Gasteiger partial charge in [-0.15, -0.1) is 10.2 Å². The number of alkyl halides is 3. The number of nitrogens with zero attached hydrogens (tertiary/aromatic N) is 3. The van der Waals surface area contributed by atoms with Gasteiger partial charge in [0.2, 0.25) is 5.91 Å². The number of amides is 1. The number of nitrogens with one attached hydrogen (secondary N) is 1. The minimum Gasteiger partial charge on any atom is -0.324 e. The molecule has 1 aromatic heterocycles. The molecule has 0 fully saturated rings. The van der Waals surface area contributed by atoms with Crippen molar-refractivity contribution >= 4 is 35.0 Å². The van der Waals surface area contributed by atoms with Crippen LogP contribution in [0.3, 0.4) is 0 Å². The number of aryl methyl sites for hydroxylation is 1. The Morgan fingerprint density at radius 2 is 1.74 bits per heavy atom. The third-order valence-electron chi connectivity index (χ3n) is 5.17.